The summed E-state index contributed by atoms with van der Waals surface area (Å²) in [5.41, 5.74) is 2.80. The summed E-state index contributed by atoms with van der Waals surface area (Å²) in [5, 5.41) is 9.98. The van der Waals surface area contributed by atoms with Gasteiger partial charge in [0.2, 0.25) is 0 Å². The summed E-state index contributed by atoms with van der Waals surface area (Å²) < 4.78 is 12.4. The molecule has 1 atom stereocenters. The zero-order valence-corrected chi connectivity index (χ0v) is 14.7. The first-order valence-electron chi connectivity index (χ1n) is 7.52. The van der Waals surface area contributed by atoms with Gasteiger partial charge in [0.15, 0.2) is 0 Å². The van der Waals surface area contributed by atoms with Crippen LogP contribution in [-0.4, -0.2) is 20.5 Å². The quantitative estimate of drug-likeness (QED) is 0.575. The van der Waals surface area contributed by atoms with Gasteiger partial charge in [-0.15, -0.1) is 0 Å². The number of fused-ring (bicyclic) bond motifs is 1. The molecule has 0 N–H and O–H groups in total. The van der Waals surface area contributed by atoms with E-state index in [1.165, 1.54) is 0 Å². The SMILES string of the molecule is CC1(C)COC2=CC=C=CC=C2C(C#N)(O[SiH-](C)(C)C)C1. The molecule has 0 amide bonds. The third kappa shape index (κ3) is 3.57. The van der Waals surface area contributed by atoms with Crippen LogP contribution in [-0.2, 0) is 9.16 Å². The molecule has 0 aromatic heterocycles. The van der Waals surface area contributed by atoms with E-state index in [9.17, 15) is 5.26 Å². The van der Waals surface area contributed by atoms with E-state index < -0.39 is 13.9 Å². The van der Waals surface area contributed by atoms with Gasteiger partial charge in [0, 0.05) is 0 Å². The molecule has 3 nitrogen and oxygen atoms in total. The van der Waals surface area contributed by atoms with Crippen LogP contribution in [0, 0.1) is 16.7 Å². The zero-order chi connectivity index (χ0) is 15.7. The van der Waals surface area contributed by atoms with Gasteiger partial charge in [-0.2, -0.15) is 0 Å². The van der Waals surface area contributed by atoms with Gasteiger partial charge in [-0.1, -0.05) is 0 Å². The van der Waals surface area contributed by atoms with Crippen molar-refractivity contribution in [1.82, 2.24) is 0 Å². The van der Waals surface area contributed by atoms with E-state index >= 15 is 0 Å². The fraction of sp³-hybridized carbons (Fsp3) is 0.529. The second kappa shape index (κ2) is 5.34. The molecule has 1 saturated heterocycles. The number of ether oxygens (including phenoxy) is 1. The van der Waals surface area contributed by atoms with Gasteiger partial charge in [0.25, 0.3) is 0 Å². The summed E-state index contributed by atoms with van der Waals surface area (Å²) in [4.78, 5) is 0. The first-order chi connectivity index (χ1) is 9.68. The van der Waals surface area contributed by atoms with Crippen molar-refractivity contribution in [2.45, 2.75) is 45.5 Å². The number of rotatable bonds is 2. The Hall–Kier alpha value is -1.53. The second-order valence-electron chi connectivity index (χ2n) is 7.74. The minimum atomic E-state index is -2.20. The summed E-state index contributed by atoms with van der Waals surface area (Å²) in [5.74, 6) is 0.728. The maximum atomic E-state index is 9.98. The normalized spacial score (nSPS) is 28.2. The van der Waals surface area contributed by atoms with Crippen LogP contribution in [0.4, 0.5) is 0 Å². The van der Waals surface area contributed by atoms with E-state index in [1.54, 1.807) is 0 Å². The average molecular weight is 302 g/mol. The van der Waals surface area contributed by atoms with Crippen LogP contribution in [0.25, 0.3) is 0 Å². The van der Waals surface area contributed by atoms with Crippen LogP contribution < -0.4 is 0 Å². The van der Waals surface area contributed by atoms with Gasteiger partial charge < -0.3 is 0 Å². The van der Waals surface area contributed by atoms with Crippen LogP contribution in [0.3, 0.4) is 0 Å². The predicted molar refractivity (Wildman–Crippen MR) is 87.3 cm³/mol. The van der Waals surface area contributed by atoms with Crippen molar-refractivity contribution in [3.63, 3.8) is 0 Å². The Bertz CT molecular complexity index is 595. The number of hydrogen-bond donors (Lipinski definition) is 0. The minimum absolute atomic E-state index is 0.124. The molecule has 21 heavy (non-hydrogen) atoms. The van der Waals surface area contributed by atoms with Crippen molar-refractivity contribution in [2.75, 3.05) is 6.61 Å². The van der Waals surface area contributed by atoms with Gasteiger partial charge in [-0.05, 0) is 0 Å². The summed E-state index contributed by atoms with van der Waals surface area (Å²) in [7, 11) is -2.20. The van der Waals surface area contributed by atoms with E-state index in [0.717, 1.165) is 11.3 Å². The molecule has 1 aliphatic carbocycles. The van der Waals surface area contributed by atoms with Crippen LogP contribution >= 0.6 is 0 Å². The summed E-state index contributed by atoms with van der Waals surface area (Å²) in [6.45, 7) is 11.2. The Morgan fingerprint density at radius 2 is 1.95 bits per heavy atom. The Morgan fingerprint density at radius 3 is 2.57 bits per heavy atom. The summed E-state index contributed by atoms with van der Waals surface area (Å²) >= 11 is 0. The molecule has 2 aliphatic rings. The Balaban J connectivity index is 2.58. The van der Waals surface area contributed by atoms with Crippen LogP contribution in [0.1, 0.15) is 20.3 Å². The van der Waals surface area contributed by atoms with Crippen LogP contribution in [0.2, 0.25) is 19.6 Å². The predicted octanol–water partition coefficient (Wildman–Crippen LogP) is 3.81. The number of allylic oxidation sites excluding steroid dienone is 3. The van der Waals surface area contributed by atoms with Crippen molar-refractivity contribution in [1.29, 1.82) is 5.26 Å². The molecule has 4 heteroatoms. The first kappa shape index (κ1) is 15.8. The number of hydrogen-bond acceptors (Lipinski definition) is 3. The zero-order valence-electron chi connectivity index (χ0n) is 13.6. The fourth-order valence-electron chi connectivity index (χ4n) is 2.87. The number of nitrogens with zero attached hydrogens (tertiary/aromatic N) is 1. The molecule has 0 aromatic carbocycles. The maximum absolute atomic E-state index is 9.98. The van der Waals surface area contributed by atoms with Crippen molar-refractivity contribution in [3.8, 4) is 6.07 Å². The van der Waals surface area contributed by atoms with Crippen molar-refractivity contribution < 1.29 is 9.16 Å². The molecule has 2 rings (SSSR count). The van der Waals surface area contributed by atoms with E-state index in [4.69, 9.17) is 9.16 Å². The van der Waals surface area contributed by atoms with Gasteiger partial charge >= 0.3 is 128 Å². The Labute approximate surface area is 128 Å². The Kier molecular flexibility index (Phi) is 4.03. The van der Waals surface area contributed by atoms with E-state index in [-0.39, 0.29) is 5.41 Å². The van der Waals surface area contributed by atoms with Gasteiger partial charge in [0.1, 0.15) is 0 Å². The first-order valence-corrected chi connectivity index (χ1v) is 11.5. The molecule has 114 valence electrons. The van der Waals surface area contributed by atoms with E-state index in [2.05, 4.69) is 45.3 Å². The van der Waals surface area contributed by atoms with Crippen LogP contribution in [0.15, 0.2) is 41.4 Å². The van der Waals surface area contributed by atoms with E-state index in [0.29, 0.717) is 13.0 Å². The van der Waals surface area contributed by atoms with Gasteiger partial charge in [-0.25, -0.2) is 0 Å². The topological polar surface area (TPSA) is 42.2 Å². The summed E-state index contributed by atoms with van der Waals surface area (Å²) in [6.07, 6.45) is 8.05. The molecule has 0 spiro atoms. The number of nitriles is 1. The van der Waals surface area contributed by atoms with Crippen molar-refractivity contribution >= 4 is 8.32 Å². The monoisotopic (exact) mass is 302 g/mol. The fourth-order valence-corrected chi connectivity index (χ4v) is 4.34. The van der Waals surface area contributed by atoms with Gasteiger partial charge in [0.05, 0.1) is 0 Å². The molecule has 1 unspecified atom stereocenters. The standard InChI is InChI=1S/C17H24NO2Si/c1-16(2)11-17(12-18,20-21(3,4)5)14-9-7-6-8-10-15(14)19-13-16/h7-10,21H,11,13H2,1-5H3/q-1. The van der Waals surface area contributed by atoms with E-state index in [1.807, 2.05) is 24.3 Å². The average Bonchev–Trinajstić information content (AvgIpc) is 2.62. The molecule has 1 aliphatic heterocycles. The molecule has 0 radical (unpaired) electrons. The summed E-state index contributed by atoms with van der Waals surface area (Å²) in [6, 6.07) is 2.47. The molecular formula is C17H24NO2Si-. The molecule has 1 fully saturated rings. The second-order valence-corrected chi connectivity index (χ2v) is 12.9. The molecule has 1 heterocycles. The Morgan fingerprint density at radius 1 is 1.29 bits per heavy atom. The third-order valence-corrected chi connectivity index (χ3v) is 4.57. The molecule has 0 bridgehead atoms. The molecule has 0 saturated carbocycles. The molecule has 0 aromatic rings. The third-order valence-electron chi connectivity index (χ3n) is 3.46. The molecular weight excluding hydrogens is 278 g/mol. The van der Waals surface area contributed by atoms with Crippen molar-refractivity contribution in [3.05, 3.63) is 41.4 Å². The van der Waals surface area contributed by atoms with Gasteiger partial charge in [-0.3, -0.25) is 0 Å². The van der Waals surface area contributed by atoms with Crippen molar-refractivity contribution in [2.24, 2.45) is 5.41 Å². The van der Waals surface area contributed by atoms with Crippen LogP contribution in [0.5, 0.6) is 0 Å².